The Morgan fingerprint density at radius 3 is 2.88 bits per heavy atom. The van der Waals surface area contributed by atoms with Gasteiger partial charge in [0.25, 0.3) is 5.91 Å². The molecule has 0 saturated carbocycles. The largest absolute Gasteiger partial charge is 0.459 e. The van der Waals surface area contributed by atoms with Crippen molar-refractivity contribution in [1.29, 1.82) is 0 Å². The van der Waals surface area contributed by atoms with Crippen LogP contribution in [-0.4, -0.2) is 35.5 Å². The number of amides is 1. The molecule has 0 radical (unpaired) electrons. The number of carbonyl (C=O) groups excluding carboxylic acids is 1. The smallest absolute Gasteiger partial charge is 0.290 e. The summed E-state index contributed by atoms with van der Waals surface area (Å²) in [5.74, 6) is 0.225. The van der Waals surface area contributed by atoms with Crippen LogP contribution in [0.25, 0.3) is 10.6 Å². The first-order valence-corrected chi connectivity index (χ1v) is 8.64. The third-order valence-electron chi connectivity index (χ3n) is 4.01. The number of aromatic nitrogens is 1. The molecule has 0 spiro atoms. The molecule has 5 nitrogen and oxygen atoms in total. The zero-order chi connectivity index (χ0) is 16.4. The van der Waals surface area contributed by atoms with Crippen molar-refractivity contribution in [3.05, 3.63) is 65.6 Å². The van der Waals surface area contributed by atoms with E-state index in [-0.39, 0.29) is 11.9 Å². The maximum absolute atomic E-state index is 12.7. The van der Waals surface area contributed by atoms with Gasteiger partial charge >= 0.3 is 0 Å². The molecule has 1 aliphatic rings. The lowest BCUT2D eigenvalue weighted by atomic mass is 10.1. The van der Waals surface area contributed by atoms with Gasteiger partial charge in [-0.1, -0.05) is 30.3 Å². The maximum atomic E-state index is 12.7. The highest BCUT2D eigenvalue weighted by Crippen LogP contribution is 2.31. The van der Waals surface area contributed by atoms with Crippen molar-refractivity contribution >= 4 is 17.2 Å². The van der Waals surface area contributed by atoms with Crippen molar-refractivity contribution in [1.82, 2.24) is 9.88 Å². The van der Waals surface area contributed by atoms with Gasteiger partial charge in [-0.3, -0.25) is 4.79 Å². The molecule has 4 rings (SSSR count). The standard InChI is InChI=1S/C18H16N2O3S/c21-18(16-7-4-9-23-16)20-8-10-22-11-15(20)14-12-24-17(19-14)13-5-2-1-3-6-13/h1-7,9,12,15H,8,10-11H2/t15-/m1/s1. The molecule has 24 heavy (non-hydrogen) atoms. The molecule has 0 aliphatic carbocycles. The number of hydrogen-bond donors (Lipinski definition) is 0. The van der Waals surface area contributed by atoms with Crippen LogP contribution >= 0.6 is 11.3 Å². The van der Waals surface area contributed by atoms with Gasteiger partial charge in [-0.05, 0) is 12.1 Å². The number of ether oxygens (including phenoxy) is 1. The van der Waals surface area contributed by atoms with E-state index in [0.717, 1.165) is 16.3 Å². The lowest BCUT2D eigenvalue weighted by Gasteiger charge is -2.34. The maximum Gasteiger partial charge on any atom is 0.290 e. The van der Waals surface area contributed by atoms with Gasteiger partial charge in [0.2, 0.25) is 0 Å². The molecule has 1 saturated heterocycles. The van der Waals surface area contributed by atoms with Crippen LogP contribution in [0.3, 0.4) is 0 Å². The first-order valence-electron chi connectivity index (χ1n) is 7.76. The normalized spacial score (nSPS) is 17.8. The number of nitrogens with zero attached hydrogens (tertiary/aromatic N) is 2. The van der Waals surface area contributed by atoms with Crippen LogP contribution < -0.4 is 0 Å². The van der Waals surface area contributed by atoms with E-state index in [0.29, 0.717) is 25.5 Å². The van der Waals surface area contributed by atoms with Crippen LogP contribution in [0.1, 0.15) is 22.3 Å². The Labute approximate surface area is 143 Å². The molecule has 1 aliphatic heterocycles. The summed E-state index contributed by atoms with van der Waals surface area (Å²) in [7, 11) is 0. The highest BCUT2D eigenvalue weighted by molar-refractivity contribution is 7.13. The van der Waals surface area contributed by atoms with E-state index in [9.17, 15) is 4.79 Å². The summed E-state index contributed by atoms with van der Waals surface area (Å²) in [6.07, 6.45) is 1.51. The molecule has 1 atom stereocenters. The van der Waals surface area contributed by atoms with Crippen LogP contribution in [0, 0.1) is 0 Å². The van der Waals surface area contributed by atoms with Crippen molar-refractivity contribution in [2.24, 2.45) is 0 Å². The molecule has 3 aromatic rings. The molecular weight excluding hydrogens is 324 g/mol. The number of morpholine rings is 1. The van der Waals surface area contributed by atoms with Gasteiger partial charge in [-0.25, -0.2) is 4.98 Å². The van der Waals surface area contributed by atoms with Crippen molar-refractivity contribution in [3.8, 4) is 10.6 Å². The number of carbonyl (C=O) groups is 1. The number of rotatable bonds is 3. The van der Waals surface area contributed by atoms with Crippen molar-refractivity contribution in [2.45, 2.75) is 6.04 Å². The molecular formula is C18H16N2O3S. The van der Waals surface area contributed by atoms with Crippen LogP contribution in [0.15, 0.2) is 58.5 Å². The van der Waals surface area contributed by atoms with Crippen molar-refractivity contribution in [3.63, 3.8) is 0 Å². The topological polar surface area (TPSA) is 55.6 Å². The molecule has 3 heterocycles. The molecule has 0 unspecified atom stereocenters. The summed E-state index contributed by atoms with van der Waals surface area (Å²) in [5, 5.41) is 2.95. The molecule has 122 valence electrons. The van der Waals surface area contributed by atoms with E-state index in [4.69, 9.17) is 14.1 Å². The Balaban J connectivity index is 1.62. The number of thiazole rings is 1. The Hall–Kier alpha value is -2.44. The zero-order valence-corrected chi connectivity index (χ0v) is 13.7. The molecule has 1 fully saturated rings. The van der Waals surface area contributed by atoms with Gasteiger partial charge < -0.3 is 14.1 Å². The van der Waals surface area contributed by atoms with E-state index in [1.165, 1.54) is 6.26 Å². The SMILES string of the molecule is O=C(c1ccco1)N1CCOC[C@@H]1c1csc(-c2ccccc2)n1. The lowest BCUT2D eigenvalue weighted by Crippen LogP contribution is -2.43. The monoisotopic (exact) mass is 340 g/mol. The fourth-order valence-corrected chi connectivity index (χ4v) is 3.66. The fourth-order valence-electron chi connectivity index (χ4n) is 2.79. The molecule has 1 aromatic carbocycles. The first kappa shape index (κ1) is 15.1. The molecule has 1 amide bonds. The Bertz CT molecular complexity index is 814. The number of benzene rings is 1. The number of furan rings is 1. The lowest BCUT2D eigenvalue weighted by molar-refractivity contribution is -0.00526. The average molecular weight is 340 g/mol. The molecule has 0 bridgehead atoms. The van der Waals surface area contributed by atoms with Crippen LogP contribution in [0.5, 0.6) is 0 Å². The van der Waals surface area contributed by atoms with Crippen LogP contribution in [0.2, 0.25) is 0 Å². The van der Waals surface area contributed by atoms with Gasteiger partial charge in [-0.2, -0.15) is 0 Å². The summed E-state index contributed by atoms with van der Waals surface area (Å²) in [5.41, 5.74) is 1.94. The fraction of sp³-hybridized carbons (Fsp3) is 0.222. The van der Waals surface area contributed by atoms with Gasteiger partial charge in [0.1, 0.15) is 5.01 Å². The van der Waals surface area contributed by atoms with Gasteiger partial charge in [0, 0.05) is 17.5 Å². The van der Waals surface area contributed by atoms with E-state index in [1.54, 1.807) is 28.4 Å². The van der Waals surface area contributed by atoms with Crippen LogP contribution in [0.4, 0.5) is 0 Å². The Morgan fingerprint density at radius 2 is 2.08 bits per heavy atom. The Morgan fingerprint density at radius 1 is 1.21 bits per heavy atom. The Kier molecular flexibility index (Phi) is 4.15. The van der Waals surface area contributed by atoms with Gasteiger partial charge in [0.05, 0.1) is 31.2 Å². The minimum atomic E-state index is -0.190. The predicted molar refractivity (Wildman–Crippen MR) is 90.9 cm³/mol. The van der Waals surface area contributed by atoms with E-state index in [2.05, 4.69) is 0 Å². The summed E-state index contributed by atoms with van der Waals surface area (Å²) in [6.45, 7) is 1.51. The minimum absolute atomic E-state index is 0.123. The molecule has 0 N–H and O–H groups in total. The summed E-state index contributed by atoms with van der Waals surface area (Å²) < 4.78 is 10.8. The van der Waals surface area contributed by atoms with E-state index in [1.807, 2.05) is 35.7 Å². The van der Waals surface area contributed by atoms with Crippen molar-refractivity contribution < 1.29 is 13.9 Å². The van der Waals surface area contributed by atoms with Gasteiger partial charge in [0.15, 0.2) is 5.76 Å². The average Bonchev–Trinajstić information content (AvgIpc) is 3.34. The molecule has 6 heteroatoms. The quantitative estimate of drug-likeness (QED) is 0.731. The second-order valence-corrected chi connectivity index (χ2v) is 6.37. The van der Waals surface area contributed by atoms with Gasteiger partial charge in [-0.15, -0.1) is 11.3 Å². The predicted octanol–water partition coefficient (Wildman–Crippen LogP) is 3.62. The van der Waals surface area contributed by atoms with E-state index < -0.39 is 0 Å². The third kappa shape index (κ3) is 2.86. The third-order valence-corrected chi connectivity index (χ3v) is 4.91. The van der Waals surface area contributed by atoms with Crippen molar-refractivity contribution in [2.75, 3.05) is 19.8 Å². The number of hydrogen-bond acceptors (Lipinski definition) is 5. The summed E-state index contributed by atoms with van der Waals surface area (Å²) in [4.78, 5) is 19.2. The highest BCUT2D eigenvalue weighted by Gasteiger charge is 2.32. The van der Waals surface area contributed by atoms with Crippen LogP contribution in [-0.2, 0) is 4.74 Å². The summed E-state index contributed by atoms with van der Waals surface area (Å²) >= 11 is 1.58. The second kappa shape index (κ2) is 6.59. The molecule has 2 aromatic heterocycles. The first-order chi connectivity index (χ1) is 11.8. The minimum Gasteiger partial charge on any atom is -0.459 e. The highest BCUT2D eigenvalue weighted by atomic mass is 32.1. The summed E-state index contributed by atoms with van der Waals surface area (Å²) in [6, 6.07) is 13.3. The van der Waals surface area contributed by atoms with E-state index >= 15 is 0 Å². The zero-order valence-electron chi connectivity index (χ0n) is 12.9. The second-order valence-electron chi connectivity index (χ2n) is 5.51.